The second kappa shape index (κ2) is 12.7. The smallest absolute Gasteiger partial charge is 0.191 e. The van der Waals surface area contributed by atoms with Crippen LogP contribution >= 0.6 is 0 Å². The largest absolute Gasteiger partial charge is 0.356 e. The monoisotopic (exact) mass is 373 g/mol. The van der Waals surface area contributed by atoms with Gasteiger partial charge >= 0.3 is 0 Å². The number of benzene rings is 1. The molecule has 0 spiro atoms. The number of nitrogens with one attached hydrogen (secondary N) is 2. The lowest BCUT2D eigenvalue weighted by atomic mass is 10.1. The summed E-state index contributed by atoms with van der Waals surface area (Å²) >= 11 is 0. The van der Waals surface area contributed by atoms with Crippen molar-refractivity contribution in [3.05, 3.63) is 35.4 Å². The number of piperidine rings is 1. The van der Waals surface area contributed by atoms with Gasteiger partial charge in [-0.05, 0) is 63.1 Å². The summed E-state index contributed by atoms with van der Waals surface area (Å²) < 4.78 is 0. The summed E-state index contributed by atoms with van der Waals surface area (Å²) in [5.41, 5.74) is 2.71. The van der Waals surface area contributed by atoms with E-state index < -0.39 is 0 Å². The number of aliphatic imine (C=N–C) groups is 1. The first-order valence-corrected chi connectivity index (χ1v) is 10.7. The molecule has 0 aliphatic carbocycles. The summed E-state index contributed by atoms with van der Waals surface area (Å²) in [5.74, 6) is 0.881. The van der Waals surface area contributed by atoms with E-state index in [4.69, 9.17) is 0 Å². The van der Waals surface area contributed by atoms with Crippen LogP contribution in [0, 0.1) is 0 Å². The molecule has 0 saturated carbocycles. The van der Waals surface area contributed by atoms with Crippen LogP contribution in [-0.2, 0) is 13.1 Å². The highest BCUT2D eigenvalue weighted by molar-refractivity contribution is 5.79. The van der Waals surface area contributed by atoms with Crippen LogP contribution in [0.5, 0.6) is 0 Å². The van der Waals surface area contributed by atoms with Crippen molar-refractivity contribution in [2.24, 2.45) is 4.99 Å². The average molecular weight is 374 g/mol. The number of likely N-dealkylation sites (tertiary alicyclic amines) is 1. The molecule has 5 heteroatoms. The third kappa shape index (κ3) is 8.31. The zero-order valence-electron chi connectivity index (χ0n) is 17.6. The lowest BCUT2D eigenvalue weighted by Crippen LogP contribution is -2.38. The van der Waals surface area contributed by atoms with Crippen molar-refractivity contribution in [1.29, 1.82) is 0 Å². The number of rotatable bonds is 10. The second-order valence-electron chi connectivity index (χ2n) is 7.39. The second-order valence-corrected chi connectivity index (χ2v) is 7.39. The van der Waals surface area contributed by atoms with Crippen molar-refractivity contribution in [2.75, 3.05) is 46.3 Å². The van der Waals surface area contributed by atoms with E-state index in [1.54, 1.807) is 0 Å². The Labute approximate surface area is 166 Å². The minimum absolute atomic E-state index is 0.805. The van der Waals surface area contributed by atoms with E-state index in [0.717, 1.165) is 51.6 Å². The van der Waals surface area contributed by atoms with Crippen LogP contribution in [0.4, 0.5) is 0 Å². The van der Waals surface area contributed by atoms with Gasteiger partial charge in [0.25, 0.3) is 0 Å². The van der Waals surface area contributed by atoms with Gasteiger partial charge in [0.1, 0.15) is 0 Å². The summed E-state index contributed by atoms with van der Waals surface area (Å²) in [5, 5.41) is 6.83. The molecule has 1 aliphatic rings. The molecule has 152 valence electrons. The molecule has 0 aromatic heterocycles. The van der Waals surface area contributed by atoms with Crippen LogP contribution in [0.15, 0.2) is 29.3 Å². The Bertz CT molecular complexity index is 530. The molecule has 0 bridgehead atoms. The van der Waals surface area contributed by atoms with Gasteiger partial charge in [0.15, 0.2) is 5.96 Å². The van der Waals surface area contributed by atoms with E-state index in [1.165, 1.54) is 43.5 Å². The number of hydrogen-bond acceptors (Lipinski definition) is 3. The predicted molar refractivity (Wildman–Crippen MR) is 116 cm³/mol. The Morgan fingerprint density at radius 2 is 1.67 bits per heavy atom. The molecule has 2 rings (SSSR count). The fourth-order valence-electron chi connectivity index (χ4n) is 3.59. The first kappa shape index (κ1) is 21.7. The van der Waals surface area contributed by atoms with Crippen LogP contribution < -0.4 is 10.6 Å². The maximum atomic E-state index is 4.33. The number of nitrogens with zero attached hydrogens (tertiary/aromatic N) is 3. The Hall–Kier alpha value is -1.59. The van der Waals surface area contributed by atoms with E-state index in [-0.39, 0.29) is 0 Å². The molecule has 27 heavy (non-hydrogen) atoms. The maximum absolute atomic E-state index is 4.33. The molecule has 0 amide bonds. The van der Waals surface area contributed by atoms with Gasteiger partial charge < -0.3 is 15.5 Å². The lowest BCUT2D eigenvalue weighted by Gasteiger charge is -2.26. The van der Waals surface area contributed by atoms with Crippen LogP contribution in [0.1, 0.15) is 50.7 Å². The minimum Gasteiger partial charge on any atom is -0.356 e. The summed E-state index contributed by atoms with van der Waals surface area (Å²) in [6, 6.07) is 9.01. The topological polar surface area (TPSA) is 42.9 Å². The van der Waals surface area contributed by atoms with Gasteiger partial charge in [-0.3, -0.25) is 9.89 Å². The predicted octanol–water partition coefficient (Wildman–Crippen LogP) is 3.07. The highest BCUT2D eigenvalue weighted by Gasteiger charge is 2.10. The lowest BCUT2D eigenvalue weighted by molar-refractivity contribution is 0.221. The zero-order valence-corrected chi connectivity index (χ0v) is 17.6. The fourth-order valence-corrected chi connectivity index (χ4v) is 3.59. The molecule has 1 aliphatic heterocycles. The molecule has 0 unspecified atom stereocenters. The van der Waals surface area contributed by atoms with Gasteiger partial charge in [0, 0.05) is 26.7 Å². The molecule has 1 aromatic carbocycles. The van der Waals surface area contributed by atoms with Crippen molar-refractivity contribution in [3.8, 4) is 0 Å². The van der Waals surface area contributed by atoms with E-state index in [9.17, 15) is 0 Å². The number of guanidine groups is 1. The molecule has 5 nitrogen and oxygen atoms in total. The van der Waals surface area contributed by atoms with Crippen molar-refractivity contribution < 1.29 is 0 Å². The Balaban J connectivity index is 1.67. The molecule has 1 aromatic rings. The molecule has 0 radical (unpaired) electrons. The van der Waals surface area contributed by atoms with Crippen LogP contribution in [0.2, 0.25) is 0 Å². The van der Waals surface area contributed by atoms with E-state index in [1.807, 2.05) is 7.05 Å². The third-order valence-corrected chi connectivity index (χ3v) is 5.40. The summed E-state index contributed by atoms with van der Waals surface area (Å²) in [7, 11) is 1.83. The standard InChI is InChI=1S/C22H39N5/c1-4-26(5-2)17-9-14-24-22(23-3)25-18-20-10-12-21(13-11-20)19-27-15-7-6-8-16-27/h10-13H,4-9,14-19H2,1-3H3,(H2,23,24,25). The molecule has 1 heterocycles. The van der Waals surface area contributed by atoms with Crippen LogP contribution in [0.25, 0.3) is 0 Å². The summed E-state index contributed by atoms with van der Waals surface area (Å²) in [6.45, 7) is 13.2. The molecular weight excluding hydrogens is 334 g/mol. The molecule has 0 atom stereocenters. The Kier molecular flexibility index (Phi) is 10.2. The minimum atomic E-state index is 0.805. The first-order valence-electron chi connectivity index (χ1n) is 10.7. The highest BCUT2D eigenvalue weighted by atomic mass is 15.2. The van der Waals surface area contributed by atoms with Crippen molar-refractivity contribution in [3.63, 3.8) is 0 Å². The fraction of sp³-hybridized carbons (Fsp3) is 0.682. The zero-order chi connectivity index (χ0) is 19.3. The van der Waals surface area contributed by atoms with Gasteiger partial charge in [-0.15, -0.1) is 0 Å². The van der Waals surface area contributed by atoms with Crippen LogP contribution in [-0.4, -0.2) is 62.1 Å². The number of hydrogen-bond donors (Lipinski definition) is 2. The third-order valence-electron chi connectivity index (χ3n) is 5.40. The van der Waals surface area contributed by atoms with Crippen molar-refractivity contribution in [2.45, 2.75) is 52.6 Å². The summed E-state index contributed by atoms with van der Waals surface area (Å²) in [4.78, 5) is 9.35. The maximum Gasteiger partial charge on any atom is 0.191 e. The molecule has 1 saturated heterocycles. The molecule has 1 fully saturated rings. The van der Waals surface area contributed by atoms with Gasteiger partial charge in [0.05, 0.1) is 0 Å². The van der Waals surface area contributed by atoms with Gasteiger partial charge in [-0.25, -0.2) is 0 Å². The Morgan fingerprint density at radius 3 is 2.30 bits per heavy atom. The van der Waals surface area contributed by atoms with E-state index >= 15 is 0 Å². The van der Waals surface area contributed by atoms with Crippen LogP contribution in [0.3, 0.4) is 0 Å². The first-order chi connectivity index (χ1) is 13.2. The van der Waals surface area contributed by atoms with E-state index in [0.29, 0.717) is 0 Å². The van der Waals surface area contributed by atoms with Gasteiger partial charge in [-0.2, -0.15) is 0 Å². The SMILES string of the molecule is CCN(CC)CCCNC(=NC)NCc1ccc(CN2CCCCC2)cc1. The van der Waals surface area contributed by atoms with Crippen molar-refractivity contribution in [1.82, 2.24) is 20.4 Å². The average Bonchev–Trinajstić information content (AvgIpc) is 2.72. The molecular formula is C22H39N5. The highest BCUT2D eigenvalue weighted by Crippen LogP contribution is 2.13. The van der Waals surface area contributed by atoms with Gasteiger partial charge in [-0.1, -0.05) is 44.5 Å². The quantitative estimate of drug-likeness (QED) is 0.376. The molecule has 2 N–H and O–H groups in total. The summed E-state index contributed by atoms with van der Waals surface area (Å²) in [6.07, 6.45) is 5.23. The van der Waals surface area contributed by atoms with Gasteiger partial charge in [0.2, 0.25) is 0 Å². The normalized spacial score (nSPS) is 15.9. The van der Waals surface area contributed by atoms with Crippen molar-refractivity contribution >= 4 is 5.96 Å². The Morgan fingerprint density at radius 1 is 1.00 bits per heavy atom. The van der Waals surface area contributed by atoms with E-state index in [2.05, 4.69) is 63.5 Å².